The van der Waals surface area contributed by atoms with Crippen LogP contribution in [-0.2, 0) is 11.0 Å². The van der Waals surface area contributed by atoms with Crippen LogP contribution in [-0.4, -0.2) is 15.7 Å². The molecule has 1 aliphatic rings. The van der Waals surface area contributed by atoms with Crippen molar-refractivity contribution < 1.29 is 18.0 Å². The number of nitrogens with zero attached hydrogens (tertiary/aromatic N) is 2. The molecule has 0 saturated heterocycles. The van der Waals surface area contributed by atoms with Crippen LogP contribution in [0, 0.1) is 11.8 Å². The van der Waals surface area contributed by atoms with E-state index in [1.807, 2.05) is 6.92 Å². The number of nitrogens with one attached hydrogen (secondary N) is 1. The number of hydrogen-bond donors (Lipinski definition) is 1. The topological polar surface area (TPSA) is 46.9 Å². The number of aromatic nitrogens is 2. The molecule has 0 bridgehead atoms. The summed E-state index contributed by atoms with van der Waals surface area (Å²) in [5, 5.41) is 6.61. The Morgan fingerprint density at radius 2 is 2.14 bits per heavy atom. The molecule has 0 aliphatic heterocycles. The Kier molecular flexibility index (Phi) is 3.42. The van der Waals surface area contributed by atoms with Gasteiger partial charge in [0, 0.05) is 18.3 Å². The van der Waals surface area contributed by atoms with Crippen LogP contribution in [0.1, 0.15) is 18.9 Å². The first-order chi connectivity index (χ1) is 10.4. The van der Waals surface area contributed by atoms with Crippen molar-refractivity contribution in [2.24, 2.45) is 11.8 Å². The number of alkyl halides is 3. The zero-order valence-electron chi connectivity index (χ0n) is 11.8. The lowest BCUT2D eigenvalue weighted by Gasteiger charge is -2.14. The lowest BCUT2D eigenvalue weighted by molar-refractivity contribution is -0.137. The van der Waals surface area contributed by atoms with Crippen molar-refractivity contribution in [1.82, 2.24) is 9.78 Å². The largest absolute Gasteiger partial charge is 0.416 e. The fourth-order valence-corrected chi connectivity index (χ4v) is 2.34. The van der Waals surface area contributed by atoms with Gasteiger partial charge in [0.15, 0.2) is 0 Å². The van der Waals surface area contributed by atoms with Crippen molar-refractivity contribution in [3.8, 4) is 5.69 Å². The SMILES string of the molecule is C[C@H]1C[C@H]1C(=O)Nc1cc(C(F)(F)F)ccc1-n1cccn1. The van der Waals surface area contributed by atoms with Crippen LogP contribution in [0.3, 0.4) is 0 Å². The van der Waals surface area contributed by atoms with Crippen LogP contribution in [0.5, 0.6) is 0 Å². The monoisotopic (exact) mass is 309 g/mol. The van der Waals surface area contributed by atoms with Crippen molar-refractivity contribution in [1.29, 1.82) is 0 Å². The van der Waals surface area contributed by atoms with Gasteiger partial charge in [0.1, 0.15) is 0 Å². The second-order valence-corrected chi connectivity index (χ2v) is 5.49. The first-order valence-corrected chi connectivity index (χ1v) is 6.88. The molecule has 1 aliphatic carbocycles. The molecule has 116 valence electrons. The molecule has 0 unspecified atom stereocenters. The zero-order chi connectivity index (χ0) is 15.9. The number of rotatable bonds is 3. The number of anilines is 1. The van der Waals surface area contributed by atoms with E-state index in [1.54, 1.807) is 12.3 Å². The third-order valence-electron chi connectivity index (χ3n) is 3.78. The Bertz CT molecular complexity index is 695. The van der Waals surface area contributed by atoms with Crippen molar-refractivity contribution in [2.45, 2.75) is 19.5 Å². The summed E-state index contributed by atoms with van der Waals surface area (Å²) in [5.74, 6) is -0.0980. The third kappa shape index (κ3) is 2.84. The van der Waals surface area contributed by atoms with Crippen molar-refractivity contribution in [2.75, 3.05) is 5.32 Å². The van der Waals surface area contributed by atoms with Crippen LogP contribution in [0.15, 0.2) is 36.7 Å². The minimum Gasteiger partial charge on any atom is -0.324 e. The zero-order valence-corrected chi connectivity index (χ0v) is 11.8. The van der Waals surface area contributed by atoms with Crippen molar-refractivity contribution >= 4 is 11.6 Å². The highest BCUT2D eigenvalue weighted by atomic mass is 19.4. The summed E-state index contributed by atoms with van der Waals surface area (Å²) in [5.41, 5.74) is -0.287. The van der Waals surface area contributed by atoms with E-state index < -0.39 is 11.7 Å². The van der Waals surface area contributed by atoms with E-state index in [4.69, 9.17) is 0 Å². The summed E-state index contributed by atoms with van der Waals surface area (Å²) in [6.45, 7) is 1.94. The highest BCUT2D eigenvalue weighted by molar-refractivity contribution is 5.96. The molecule has 1 heterocycles. The van der Waals surface area contributed by atoms with Gasteiger partial charge in [-0.15, -0.1) is 0 Å². The normalized spacial score (nSPS) is 20.7. The summed E-state index contributed by atoms with van der Waals surface area (Å²) < 4.78 is 40.1. The van der Waals surface area contributed by atoms with E-state index in [0.29, 0.717) is 5.69 Å². The van der Waals surface area contributed by atoms with Crippen molar-refractivity contribution in [3.05, 3.63) is 42.2 Å². The molecular formula is C15H14F3N3O. The quantitative estimate of drug-likeness (QED) is 0.943. The lowest BCUT2D eigenvalue weighted by Crippen LogP contribution is -2.17. The van der Waals surface area contributed by atoms with E-state index in [9.17, 15) is 18.0 Å². The number of benzene rings is 1. The standard InChI is InChI=1S/C15H14F3N3O/c1-9-7-11(9)14(22)20-12-8-10(15(16,17)18)3-4-13(12)21-6-2-5-19-21/h2-6,8-9,11H,7H2,1H3,(H,20,22)/t9-,11+/m0/s1. The smallest absolute Gasteiger partial charge is 0.324 e. The number of halogens is 3. The molecule has 2 atom stereocenters. The molecule has 0 spiro atoms. The van der Waals surface area contributed by atoms with Crippen molar-refractivity contribution in [3.63, 3.8) is 0 Å². The average molecular weight is 309 g/mol. The first kappa shape index (κ1) is 14.6. The Hall–Kier alpha value is -2.31. The van der Waals surface area contributed by atoms with Gasteiger partial charge in [0.25, 0.3) is 0 Å². The minimum absolute atomic E-state index is 0.114. The summed E-state index contributed by atoms with van der Waals surface area (Å²) in [4.78, 5) is 12.0. The summed E-state index contributed by atoms with van der Waals surface area (Å²) in [6, 6.07) is 4.89. The molecule has 1 aromatic heterocycles. The molecule has 7 heteroatoms. The Morgan fingerprint density at radius 3 is 2.68 bits per heavy atom. The van der Waals surface area contributed by atoms with Gasteiger partial charge in [-0.1, -0.05) is 6.92 Å². The maximum Gasteiger partial charge on any atom is 0.416 e. The summed E-state index contributed by atoms with van der Waals surface area (Å²) in [7, 11) is 0. The minimum atomic E-state index is -4.46. The molecule has 0 radical (unpaired) electrons. The maximum atomic E-state index is 12.9. The van der Waals surface area contributed by atoms with E-state index in [-0.39, 0.29) is 23.4 Å². The van der Waals surface area contributed by atoms with Gasteiger partial charge in [0.05, 0.1) is 16.9 Å². The predicted octanol–water partition coefficient (Wildman–Crippen LogP) is 3.49. The van der Waals surface area contributed by atoms with E-state index in [1.165, 1.54) is 16.9 Å². The van der Waals surface area contributed by atoms with Crippen LogP contribution in [0.2, 0.25) is 0 Å². The molecule has 1 N–H and O–H groups in total. The molecule has 3 rings (SSSR count). The first-order valence-electron chi connectivity index (χ1n) is 6.88. The van der Waals surface area contributed by atoms with Crippen LogP contribution in [0.4, 0.5) is 18.9 Å². The Labute approximate surface area is 124 Å². The van der Waals surface area contributed by atoms with E-state index >= 15 is 0 Å². The van der Waals surface area contributed by atoms with Crippen LogP contribution < -0.4 is 5.32 Å². The summed E-state index contributed by atoms with van der Waals surface area (Å²) in [6.07, 6.45) is -0.568. The second-order valence-electron chi connectivity index (χ2n) is 5.49. The van der Waals surface area contributed by atoms with Gasteiger partial charge in [0.2, 0.25) is 5.91 Å². The molecule has 4 nitrogen and oxygen atoms in total. The molecular weight excluding hydrogens is 295 g/mol. The number of carbonyl (C=O) groups is 1. The molecule has 1 fully saturated rings. The average Bonchev–Trinajstić information content (AvgIpc) is 2.97. The maximum absolute atomic E-state index is 12.9. The highest BCUT2D eigenvalue weighted by Gasteiger charge is 2.39. The van der Waals surface area contributed by atoms with Crippen LogP contribution >= 0.6 is 0 Å². The van der Waals surface area contributed by atoms with Gasteiger partial charge in [-0.3, -0.25) is 4.79 Å². The molecule has 22 heavy (non-hydrogen) atoms. The molecule has 2 aromatic rings. The van der Waals surface area contributed by atoms with Gasteiger partial charge in [-0.25, -0.2) is 4.68 Å². The van der Waals surface area contributed by atoms with Gasteiger partial charge in [-0.2, -0.15) is 18.3 Å². The Balaban J connectivity index is 1.97. The van der Waals surface area contributed by atoms with Gasteiger partial charge >= 0.3 is 6.18 Å². The molecule has 1 amide bonds. The van der Waals surface area contributed by atoms with E-state index in [0.717, 1.165) is 18.6 Å². The molecule has 1 saturated carbocycles. The number of amides is 1. The third-order valence-corrected chi connectivity index (χ3v) is 3.78. The predicted molar refractivity (Wildman–Crippen MR) is 74.5 cm³/mol. The Morgan fingerprint density at radius 1 is 1.41 bits per heavy atom. The lowest BCUT2D eigenvalue weighted by atomic mass is 10.1. The second kappa shape index (κ2) is 5.15. The fraction of sp³-hybridized carbons (Fsp3) is 0.333. The van der Waals surface area contributed by atoms with E-state index in [2.05, 4.69) is 10.4 Å². The highest BCUT2D eigenvalue weighted by Crippen LogP contribution is 2.39. The summed E-state index contributed by atoms with van der Waals surface area (Å²) >= 11 is 0. The fourth-order valence-electron chi connectivity index (χ4n) is 2.34. The van der Waals surface area contributed by atoms with Gasteiger partial charge < -0.3 is 5.32 Å². The molecule has 1 aromatic carbocycles. The number of hydrogen-bond acceptors (Lipinski definition) is 2. The van der Waals surface area contributed by atoms with Gasteiger partial charge in [-0.05, 0) is 36.6 Å². The number of carbonyl (C=O) groups excluding carboxylic acids is 1. The van der Waals surface area contributed by atoms with Crippen LogP contribution in [0.25, 0.3) is 5.69 Å².